The highest BCUT2D eigenvalue weighted by molar-refractivity contribution is 5.90. The first kappa shape index (κ1) is 9.67. The summed E-state index contributed by atoms with van der Waals surface area (Å²) in [5.74, 6) is 3.12. The molecule has 88 valence electrons. The number of Topliss-reactive ketones (excluding diaryl/α,β-unsaturated/α-hetero) is 1. The van der Waals surface area contributed by atoms with E-state index in [1.165, 1.54) is 44.9 Å². The molecular formula is C15H22O. The van der Waals surface area contributed by atoms with Crippen LogP contribution in [0.15, 0.2) is 0 Å². The molecule has 4 aliphatic rings. The van der Waals surface area contributed by atoms with Crippen LogP contribution in [0.2, 0.25) is 0 Å². The lowest BCUT2D eigenvalue weighted by Gasteiger charge is -2.51. The number of hydrogen-bond acceptors (Lipinski definition) is 1. The van der Waals surface area contributed by atoms with Gasteiger partial charge in [0.2, 0.25) is 0 Å². The van der Waals surface area contributed by atoms with Gasteiger partial charge in [-0.05, 0) is 55.3 Å². The molecule has 1 heteroatoms. The van der Waals surface area contributed by atoms with Gasteiger partial charge in [-0.2, -0.15) is 0 Å². The summed E-state index contributed by atoms with van der Waals surface area (Å²) in [4.78, 5) is 12.5. The highest BCUT2D eigenvalue weighted by atomic mass is 16.1. The molecule has 0 saturated heterocycles. The lowest BCUT2D eigenvalue weighted by molar-refractivity contribution is -0.141. The third-order valence-electron chi connectivity index (χ3n) is 6.81. The van der Waals surface area contributed by atoms with Gasteiger partial charge in [0.1, 0.15) is 5.78 Å². The summed E-state index contributed by atoms with van der Waals surface area (Å²) >= 11 is 0. The van der Waals surface area contributed by atoms with Gasteiger partial charge < -0.3 is 0 Å². The fraction of sp³-hybridized carbons (Fsp3) is 0.933. The summed E-state index contributed by atoms with van der Waals surface area (Å²) < 4.78 is 0. The Morgan fingerprint density at radius 3 is 2.81 bits per heavy atom. The summed E-state index contributed by atoms with van der Waals surface area (Å²) in [6, 6.07) is 0. The molecule has 0 bridgehead atoms. The van der Waals surface area contributed by atoms with Gasteiger partial charge in [0.15, 0.2) is 0 Å². The van der Waals surface area contributed by atoms with Crippen LogP contribution < -0.4 is 0 Å². The first-order valence-electron chi connectivity index (χ1n) is 7.22. The average molecular weight is 218 g/mol. The molecule has 0 amide bonds. The van der Waals surface area contributed by atoms with Crippen LogP contribution in [-0.2, 0) is 4.79 Å². The van der Waals surface area contributed by atoms with Crippen molar-refractivity contribution >= 4 is 5.78 Å². The summed E-state index contributed by atoms with van der Waals surface area (Å²) in [6.45, 7) is 2.47. The Hall–Kier alpha value is -0.330. The van der Waals surface area contributed by atoms with Crippen molar-refractivity contribution in [3.63, 3.8) is 0 Å². The highest BCUT2D eigenvalue weighted by Crippen LogP contribution is 2.78. The van der Waals surface area contributed by atoms with Gasteiger partial charge in [-0.15, -0.1) is 0 Å². The molecule has 0 N–H and O–H groups in total. The number of rotatable bonds is 0. The van der Waals surface area contributed by atoms with Crippen LogP contribution in [0.5, 0.6) is 0 Å². The van der Waals surface area contributed by atoms with E-state index >= 15 is 0 Å². The standard InChI is InChI=1S/C15H22O/c1-14-7-6-11-9-15(11,14)13(16)8-10-4-2-3-5-12(10)14/h10-12H,2-9H2,1H3/t10-,11-,12?,14-,15+/m1/s1. The second-order valence-electron chi connectivity index (χ2n) is 7.11. The molecule has 1 unspecified atom stereocenters. The third-order valence-corrected chi connectivity index (χ3v) is 6.81. The minimum absolute atomic E-state index is 0.200. The Morgan fingerprint density at radius 2 is 2.00 bits per heavy atom. The summed E-state index contributed by atoms with van der Waals surface area (Å²) in [5.41, 5.74) is 0.615. The SMILES string of the molecule is C[C@]12CC[C@@H]3C[C@@]31C(=O)C[C@H]1CCCCC12. The van der Waals surface area contributed by atoms with E-state index in [1.807, 2.05) is 0 Å². The summed E-state index contributed by atoms with van der Waals surface area (Å²) in [7, 11) is 0. The van der Waals surface area contributed by atoms with Crippen molar-refractivity contribution in [2.45, 2.75) is 58.3 Å². The van der Waals surface area contributed by atoms with Crippen molar-refractivity contribution < 1.29 is 4.79 Å². The predicted octanol–water partition coefficient (Wildman–Crippen LogP) is 3.57. The molecule has 4 fully saturated rings. The Morgan fingerprint density at radius 1 is 1.19 bits per heavy atom. The van der Waals surface area contributed by atoms with E-state index in [0.29, 0.717) is 11.2 Å². The minimum atomic E-state index is 0.200. The Labute approximate surface area is 98.0 Å². The van der Waals surface area contributed by atoms with Gasteiger partial charge in [0.05, 0.1) is 0 Å². The maximum atomic E-state index is 12.5. The lowest BCUT2D eigenvalue weighted by Crippen LogP contribution is -2.49. The van der Waals surface area contributed by atoms with E-state index in [9.17, 15) is 4.79 Å². The lowest BCUT2D eigenvalue weighted by atomic mass is 9.52. The quantitative estimate of drug-likeness (QED) is 0.607. The van der Waals surface area contributed by atoms with Gasteiger partial charge in [0.25, 0.3) is 0 Å². The van der Waals surface area contributed by atoms with Crippen LogP contribution in [0.3, 0.4) is 0 Å². The molecule has 0 aromatic carbocycles. The van der Waals surface area contributed by atoms with Gasteiger partial charge in [0, 0.05) is 11.8 Å². The third kappa shape index (κ3) is 0.855. The zero-order valence-corrected chi connectivity index (χ0v) is 10.3. The predicted molar refractivity (Wildman–Crippen MR) is 63.0 cm³/mol. The average Bonchev–Trinajstić information content (AvgIpc) is 2.95. The Bertz CT molecular complexity index is 360. The van der Waals surface area contributed by atoms with E-state index < -0.39 is 0 Å². The van der Waals surface area contributed by atoms with E-state index in [2.05, 4.69) is 6.92 Å². The molecule has 1 nitrogen and oxygen atoms in total. The van der Waals surface area contributed by atoms with Crippen molar-refractivity contribution in [2.24, 2.45) is 28.6 Å². The molecule has 0 aromatic heterocycles. The zero-order valence-electron chi connectivity index (χ0n) is 10.3. The van der Waals surface area contributed by atoms with Crippen LogP contribution in [0.25, 0.3) is 0 Å². The second-order valence-corrected chi connectivity index (χ2v) is 7.11. The minimum Gasteiger partial charge on any atom is -0.299 e. The van der Waals surface area contributed by atoms with Crippen LogP contribution in [0, 0.1) is 28.6 Å². The molecular weight excluding hydrogens is 196 g/mol. The number of fused-ring (bicyclic) bond motifs is 2. The molecule has 4 rings (SSSR count). The smallest absolute Gasteiger partial charge is 0.140 e. The first-order valence-corrected chi connectivity index (χ1v) is 7.22. The molecule has 0 aliphatic heterocycles. The molecule has 4 saturated carbocycles. The molecule has 0 aromatic rings. The van der Waals surface area contributed by atoms with E-state index in [1.54, 1.807) is 0 Å². The van der Waals surface area contributed by atoms with Gasteiger partial charge in [-0.1, -0.05) is 19.8 Å². The van der Waals surface area contributed by atoms with Crippen molar-refractivity contribution in [1.29, 1.82) is 0 Å². The van der Waals surface area contributed by atoms with Crippen molar-refractivity contribution in [2.75, 3.05) is 0 Å². The van der Waals surface area contributed by atoms with E-state index in [-0.39, 0.29) is 5.41 Å². The maximum absolute atomic E-state index is 12.5. The topological polar surface area (TPSA) is 17.1 Å². The monoisotopic (exact) mass is 218 g/mol. The van der Waals surface area contributed by atoms with Crippen molar-refractivity contribution in [3.05, 3.63) is 0 Å². The van der Waals surface area contributed by atoms with E-state index in [0.717, 1.165) is 24.2 Å². The highest BCUT2D eigenvalue weighted by Gasteiger charge is 2.75. The number of hydrogen-bond donors (Lipinski definition) is 0. The number of carbonyl (C=O) groups excluding carboxylic acids is 1. The zero-order chi connectivity index (χ0) is 11.0. The first-order chi connectivity index (χ1) is 7.68. The maximum Gasteiger partial charge on any atom is 0.140 e. The van der Waals surface area contributed by atoms with Crippen molar-refractivity contribution in [1.82, 2.24) is 0 Å². The largest absolute Gasteiger partial charge is 0.299 e. The van der Waals surface area contributed by atoms with Crippen LogP contribution in [-0.4, -0.2) is 5.78 Å². The molecule has 5 atom stereocenters. The van der Waals surface area contributed by atoms with Gasteiger partial charge in [-0.25, -0.2) is 0 Å². The Balaban J connectivity index is 1.78. The van der Waals surface area contributed by atoms with Gasteiger partial charge in [-0.3, -0.25) is 4.79 Å². The summed E-state index contributed by atoms with van der Waals surface area (Å²) in [6.07, 6.45) is 10.5. The normalized spacial score (nSPS) is 58.8. The molecule has 0 heterocycles. The van der Waals surface area contributed by atoms with Crippen molar-refractivity contribution in [3.8, 4) is 0 Å². The molecule has 4 aliphatic carbocycles. The Kier molecular flexibility index (Phi) is 1.65. The molecule has 16 heavy (non-hydrogen) atoms. The summed E-state index contributed by atoms with van der Waals surface area (Å²) in [5, 5.41) is 0. The molecule has 1 spiro atoms. The second kappa shape index (κ2) is 2.73. The van der Waals surface area contributed by atoms with Crippen LogP contribution >= 0.6 is 0 Å². The van der Waals surface area contributed by atoms with Crippen LogP contribution in [0.1, 0.15) is 58.3 Å². The molecule has 0 radical (unpaired) electrons. The van der Waals surface area contributed by atoms with Gasteiger partial charge >= 0.3 is 0 Å². The fourth-order valence-corrected chi connectivity index (χ4v) is 5.96. The number of ketones is 1. The van der Waals surface area contributed by atoms with E-state index in [4.69, 9.17) is 0 Å². The fourth-order valence-electron chi connectivity index (χ4n) is 5.96. The van der Waals surface area contributed by atoms with Crippen LogP contribution in [0.4, 0.5) is 0 Å². The number of carbonyl (C=O) groups is 1.